The molecule has 3 rings (SSSR count). The van der Waals surface area contributed by atoms with Gasteiger partial charge >= 0.3 is 0 Å². The second-order valence-electron chi connectivity index (χ2n) is 7.45. The van der Waals surface area contributed by atoms with Gasteiger partial charge < -0.3 is 20.4 Å². The third-order valence-electron chi connectivity index (χ3n) is 5.21. The molecule has 1 aliphatic rings. The topological polar surface area (TPSA) is 55.8 Å². The van der Waals surface area contributed by atoms with Crippen molar-refractivity contribution in [3.05, 3.63) is 58.7 Å². The fourth-order valence-electron chi connectivity index (χ4n) is 3.63. The first-order valence-corrected chi connectivity index (χ1v) is 10.2. The van der Waals surface area contributed by atoms with E-state index in [-0.39, 0.29) is 11.6 Å². The Morgan fingerprint density at radius 3 is 2.67 bits per heavy atom. The molecule has 1 saturated heterocycles. The minimum Gasteiger partial charge on any atom is -0.354 e. The summed E-state index contributed by atoms with van der Waals surface area (Å²) in [5.41, 5.74) is 0.0438. The van der Waals surface area contributed by atoms with Gasteiger partial charge in [0.15, 0.2) is 5.96 Å². The number of likely N-dealkylation sites (N-methyl/N-ethyl adjacent to an activating group) is 1. The molecule has 1 fully saturated rings. The Hall–Kier alpha value is -2.45. The van der Waals surface area contributed by atoms with E-state index >= 15 is 0 Å². The van der Waals surface area contributed by atoms with Crippen LogP contribution in [-0.4, -0.2) is 62.7 Å². The van der Waals surface area contributed by atoms with Crippen molar-refractivity contribution in [3.63, 3.8) is 0 Å². The Balaban J connectivity index is 1.61. The maximum atomic E-state index is 14.3. The molecule has 2 atom stereocenters. The largest absolute Gasteiger partial charge is 0.354 e. The third kappa shape index (κ3) is 5.17. The number of halogens is 3. The van der Waals surface area contributed by atoms with E-state index in [4.69, 9.17) is 11.6 Å². The number of aromatic nitrogens is 1. The lowest BCUT2D eigenvalue weighted by Gasteiger charge is -2.27. The number of hydrogen-bond acceptors (Lipinski definition) is 4. The van der Waals surface area contributed by atoms with E-state index in [0.717, 1.165) is 25.3 Å². The Morgan fingerprint density at radius 2 is 2.03 bits per heavy atom. The number of rotatable bonds is 6. The van der Waals surface area contributed by atoms with Crippen molar-refractivity contribution in [1.82, 2.24) is 20.5 Å². The highest BCUT2D eigenvalue weighted by atomic mass is 35.5. The molecule has 0 spiro atoms. The maximum Gasteiger partial charge on any atom is 0.191 e. The zero-order chi connectivity index (χ0) is 21.7. The molecule has 2 N–H and O–H groups in total. The molecule has 162 valence electrons. The van der Waals surface area contributed by atoms with Crippen LogP contribution in [-0.2, 0) is 0 Å². The summed E-state index contributed by atoms with van der Waals surface area (Å²) < 4.78 is 28.5. The number of hydrogen-bond donors (Lipinski definition) is 2. The Labute approximate surface area is 181 Å². The molecule has 1 aliphatic heterocycles. The van der Waals surface area contributed by atoms with Crippen LogP contribution in [0.1, 0.15) is 18.0 Å². The minimum absolute atomic E-state index is 0.0438. The van der Waals surface area contributed by atoms with Crippen LogP contribution in [0.2, 0.25) is 5.02 Å². The number of anilines is 1. The highest BCUT2D eigenvalue weighted by Gasteiger charge is 2.26. The first kappa shape index (κ1) is 22.2. The van der Waals surface area contributed by atoms with Gasteiger partial charge in [0.25, 0.3) is 0 Å². The van der Waals surface area contributed by atoms with Gasteiger partial charge in [-0.2, -0.15) is 0 Å². The van der Waals surface area contributed by atoms with Crippen molar-refractivity contribution in [3.8, 4) is 0 Å². The lowest BCUT2D eigenvalue weighted by molar-refractivity contribution is 0.282. The predicted molar refractivity (Wildman–Crippen MR) is 117 cm³/mol. The summed E-state index contributed by atoms with van der Waals surface area (Å²) in [5.74, 6) is 0.237. The molecule has 6 nitrogen and oxygen atoms in total. The van der Waals surface area contributed by atoms with Crippen LogP contribution in [0.3, 0.4) is 0 Å². The van der Waals surface area contributed by atoms with Crippen LogP contribution in [0.4, 0.5) is 14.6 Å². The number of guanidine groups is 1. The van der Waals surface area contributed by atoms with E-state index in [9.17, 15) is 8.78 Å². The molecule has 0 aliphatic carbocycles. The smallest absolute Gasteiger partial charge is 0.191 e. The Bertz CT molecular complexity index is 871. The van der Waals surface area contributed by atoms with Crippen LogP contribution >= 0.6 is 11.6 Å². The number of benzene rings is 1. The van der Waals surface area contributed by atoms with E-state index in [1.807, 2.05) is 12.1 Å². The fourth-order valence-corrected chi connectivity index (χ4v) is 3.87. The van der Waals surface area contributed by atoms with Gasteiger partial charge in [-0.15, -0.1) is 0 Å². The zero-order valence-electron chi connectivity index (χ0n) is 17.4. The molecule has 1 aromatic heterocycles. The van der Waals surface area contributed by atoms with Gasteiger partial charge in [0.1, 0.15) is 17.5 Å². The zero-order valence-corrected chi connectivity index (χ0v) is 18.1. The standard InChI is InChI=1S/C21H27ClF2N6/c1-25-21(27-12-18(29(2)3)19-16(23)7-4-8-17(19)24)28-14-9-11-30(13-14)20-15(22)6-5-10-26-20/h4-8,10,14,18H,9,11-13H2,1-3H3,(H2,25,27,28). The number of nitrogens with one attached hydrogen (secondary N) is 2. The molecule has 1 aromatic carbocycles. The van der Waals surface area contributed by atoms with Crippen LogP contribution in [0, 0.1) is 11.6 Å². The van der Waals surface area contributed by atoms with Crippen molar-refractivity contribution >= 4 is 23.4 Å². The highest BCUT2D eigenvalue weighted by Crippen LogP contribution is 2.26. The molecule has 9 heteroatoms. The Kier molecular flexibility index (Phi) is 7.44. The van der Waals surface area contributed by atoms with Crippen molar-refractivity contribution in [2.75, 3.05) is 45.7 Å². The average molecular weight is 437 g/mol. The quantitative estimate of drug-likeness (QED) is 0.538. The van der Waals surface area contributed by atoms with E-state index < -0.39 is 17.7 Å². The maximum absolute atomic E-state index is 14.3. The monoisotopic (exact) mass is 436 g/mol. The summed E-state index contributed by atoms with van der Waals surface area (Å²) in [5, 5.41) is 7.21. The summed E-state index contributed by atoms with van der Waals surface area (Å²) in [6.45, 7) is 1.86. The SMILES string of the molecule is CN=C(NCC(c1c(F)cccc1F)N(C)C)NC1CCN(c2ncccc2Cl)C1. The summed E-state index contributed by atoms with van der Waals surface area (Å²) in [4.78, 5) is 12.5. The highest BCUT2D eigenvalue weighted by molar-refractivity contribution is 6.32. The molecule has 0 amide bonds. The van der Waals surface area contributed by atoms with Crippen molar-refractivity contribution in [2.24, 2.45) is 4.99 Å². The summed E-state index contributed by atoms with van der Waals surface area (Å²) in [6, 6.07) is 7.22. The first-order chi connectivity index (χ1) is 14.4. The number of aliphatic imine (C=N–C) groups is 1. The third-order valence-corrected chi connectivity index (χ3v) is 5.51. The van der Waals surface area contributed by atoms with E-state index in [1.165, 1.54) is 18.2 Å². The predicted octanol–water partition coefficient (Wildman–Crippen LogP) is 3.06. The van der Waals surface area contributed by atoms with Gasteiger partial charge in [0, 0.05) is 44.5 Å². The van der Waals surface area contributed by atoms with Gasteiger partial charge in [0.2, 0.25) is 0 Å². The van der Waals surface area contributed by atoms with Gasteiger partial charge in [-0.3, -0.25) is 4.99 Å². The normalized spacial score (nSPS) is 18.0. The van der Waals surface area contributed by atoms with Crippen LogP contribution in [0.5, 0.6) is 0 Å². The van der Waals surface area contributed by atoms with Crippen LogP contribution in [0.25, 0.3) is 0 Å². The fraction of sp³-hybridized carbons (Fsp3) is 0.429. The number of nitrogens with zero attached hydrogens (tertiary/aromatic N) is 4. The van der Waals surface area contributed by atoms with E-state index in [1.54, 1.807) is 32.2 Å². The summed E-state index contributed by atoms with van der Waals surface area (Å²) >= 11 is 6.26. The summed E-state index contributed by atoms with van der Waals surface area (Å²) in [7, 11) is 5.26. The minimum atomic E-state index is -0.558. The second kappa shape index (κ2) is 10.0. The van der Waals surface area contributed by atoms with Gasteiger partial charge in [-0.05, 0) is 44.8 Å². The Morgan fingerprint density at radius 1 is 1.30 bits per heavy atom. The molecule has 2 aromatic rings. The molecular weight excluding hydrogens is 410 g/mol. The van der Waals surface area contributed by atoms with Crippen molar-refractivity contribution < 1.29 is 8.78 Å². The number of pyridine rings is 1. The van der Waals surface area contributed by atoms with Crippen molar-refractivity contribution in [2.45, 2.75) is 18.5 Å². The molecule has 2 unspecified atom stereocenters. The van der Waals surface area contributed by atoms with Gasteiger partial charge in [-0.25, -0.2) is 13.8 Å². The molecule has 2 heterocycles. The lowest BCUT2D eigenvalue weighted by atomic mass is 10.0. The molecule has 0 bridgehead atoms. The lowest BCUT2D eigenvalue weighted by Crippen LogP contribution is -2.47. The molecule has 30 heavy (non-hydrogen) atoms. The van der Waals surface area contributed by atoms with Gasteiger partial charge in [0.05, 0.1) is 11.1 Å². The molecular formula is C21H27ClF2N6. The van der Waals surface area contributed by atoms with Crippen LogP contribution in [0.15, 0.2) is 41.5 Å². The van der Waals surface area contributed by atoms with Crippen molar-refractivity contribution in [1.29, 1.82) is 0 Å². The second-order valence-corrected chi connectivity index (χ2v) is 7.86. The first-order valence-electron chi connectivity index (χ1n) is 9.83. The van der Waals surface area contributed by atoms with E-state index in [0.29, 0.717) is 17.5 Å². The van der Waals surface area contributed by atoms with Crippen LogP contribution < -0.4 is 15.5 Å². The average Bonchev–Trinajstić information content (AvgIpc) is 3.17. The van der Waals surface area contributed by atoms with E-state index in [2.05, 4.69) is 25.5 Å². The van der Waals surface area contributed by atoms with Gasteiger partial charge in [-0.1, -0.05) is 17.7 Å². The summed E-state index contributed by atoms with van der Waals surface area (Å²) in [6.07, 6.45) is 2.62. The molecule has 0 radical (unpaired) electrons. The molecule has 0 saturated carbocycles.